The number of ketones is 1. The number of hydrogen-bond acceptors (Lipinski definition) is 6. The minimum absolute atomic E-state index is 0.00212. The summed E-state index contributed by atoms with van der Waals surface area (Å²) in [5.74, 6) is 0.967. The summed E-state index contributed by atoms with van der Waals surface area (Å²) < 4.78 is 6.03. The molecule has 1 saturated heterocycles. The Bertz CT molecular complexity index is 719. The smallest absolute Gasteiger partial charge is 0.207 e. The van der Waals surface area contributed by atoms with Gasteiger partial charge in [-0.1, -0.05) is 6.07 Å². The van der Waals surface area contributed by atoms with Crippen LogP contribution in [0.25, 0.3) is 0 Å². The molecule has 2 heterocycles. The molecule has 0 aromatic heterocycles. The Labute approximate surface area is 133 Å². The Kier molecular flexibility index (Phi) is 2.55. The number of carbonyl (C=O) groups excluding carboxylic acids is 1. The van der Waals surface area contributed by atoms with Crippen molar-refractivity contribution < 1.29 is 24.8 Å². The third-order valence-corrected chi connectivity index (χ3v) is 6.52. The second-order valence-corrected chi connectivity index (χ2v) is 7.26. The van der Waals surface area contributed by atoms with E-state index in [2.05, 4.69) is 9.79 Å². The van der Waals surface area contributed by atoms with Gasteiger partial charge in [-0.25, -0.2) is 5.26 Å². The molecule has 2 fully saturated rings. The predicted octanol–water partition coefficient (Wildman–Crippen LogP) is 1.27. The Balaban J connectivity index is 1.84. The molecule has 122 valence electrons. The molecule has 2 aliphatic heterocycles. The molecular formula is C17H19NO5. The van der Waals surface area contributed by atoms with Crippen molar-refractivity contribution in [3.05, 3.63) is 23.3 Å². The number of Topliss-reactive ketones (excluding diaryl/α,β-unsaturated/α-hetero) is 1. The molecule has 6 heteroatoms. The van der Waals surface area contributed by atoms with E-state index in [1.54, 1.807) is 12.1 Å². The van der Waals surface area contributed by atoms with Gasteiger partial charge in [0, 0.05) is 23.4 Å². The molecule has 0 radical (unpaired) electrons. The number of rotatable bonds is 1. The third-order valence-electron chi connectivity index (χ3n) is 6.52. The zero-order valence-electron chi connectivity index (χ0n) is 12.9. The second kappa shape index (κ2) is 4.26. The molecule has 23 heavy (non-hydrogen) atoms. The fourth-order valence-corrected chi connectivity index (χ4v) is 5.65. The van der Waals surface area contributed by atoms with E-state index in [9.17, 15) is 15.2 Å². The van der Waals surface area contributed by atoms with Crippen LogP contribution in [0, 0.1) is 5.92 Å². The van der Waals surface area contributed by atoms with Crippen LogP contribution < -0.4 is 9.62 Å². The van der Waals surface area contributed by atoms with E-state index in [0.29, 0.717) is 12.2 Å². The van der Waals surface area contributed by atoms with E-state index in [0.717, 1.165) is 30.5 Å². The molecule has 2 aliphatic carbocycles. The van der Waals surface area contributed by atoms with Crippen LogP contribution in [-0.2, 0) is 10.2 Å². The maximum Gasteiger partial charge on any atom is 0.207 e. The Morgan fingerprint density at radius 1 is 1.43 bits per heavy atom. The van der Waals surface area contributed by atoms with E-state index in [1.807, 2.05) is 7.05 Å². The molecule has 5 rings (SSSR count). The maximum atomic E-state index is 12.6. The highest BCUT2D eigenvalue weighted by atomic mass is 17.1. The van der Waals surface area contributed by atoms with E-state index in [1.165, 1.54) is 0 Å². The van der Waals surface area contributed by atoms with E-state index in [-0.39, 0.29) is 28.9 Å². The quantitative estimate of drug-likeness (QED) is 0.600. The number of benzene rings is 1. The van der Waals surface area contributed by atoms with Crippen molar-refractivity contribution in [2.24, 2.45) is 5.92 Å². The van der Waals surface area contributed by atoms with Crippen LogP contribution in [0.2, 0.25) is 0 Å². The molecule has 1 aromatic carbocycles. The summed E-state index contributed by atoms with van der Waals surface area (Å²) in [6.07, 6.45) is 0.939. The fraction of sp³-hybridized carbons (Fsp3) is 0.588. The lowest BCUT2D eigenvalue weighted by atomic mass is 9.51. The van der Waals surface area contributed by atoms with Crippen LogP contribution in [0.4, 0.5) is 0 Å². The van der Waals surface area contributed by atoms with Gasteiger partial charge in [-0.2, -0.15) is 0 Å². The van der Waals surface area contributed by atoms with Gasteiger partial charge in [0.25, 0.3) is 0 Å². The van der Waals surface area contributed by atoms with Gasteiger partial charge in [0.15, 0.2) is 17.6 Å². The number of likely N-dealkylation sites (N-methyl/N-ethyl adjacent to an activating group) is 1. The Morgan fingerprint density at radius 3 is 3.04 bits per heavy atom. The molecule has 5 atom stereocenters. The van der Waals surface area contributed by atoms with Gasteiger partial charge in [0.05, 0.1) is 6.10 Å². The first-order valence-corrected chi connectivity index (χ1v) is 8.16. The van der Waals surface area contributed by atoms with Gasteiger partial charge < -0.3 is 19.6 Å². The molecule has 6 nitrogen and oxygen atoms in total. The molecule has 4 aliphatic rings. The first kappa shape index (κ1) is 13.8. The van der Waals surface area contributed by atoms with Gasteiger partial charge in [0.2, 0.25) is 5.75 Å². The lowest BCUT2D eigenvalue weighted by Crippen LogP contribution is -2.66. The van der Waals surface area contributed by atoms with Crippen LogP contribution >= 0.6 is 0 Å². The highest BCUT2D eigenvalue weighted by Gasteiger charge is 2.67. The molecule has 2 bridgehead atoms. The standard InChI is InChI=1S/C17H19NO5/c1-18-7-6-17-9-3-4-10(19)16(17)22-15-11(23-21)5-2-8(12(15)17)14(20)13(9)18/h2,5,9,13-14,16,20-21H,3-4,6-7H2,1H3/t9-,13-,14?,16-,17-/m0/s1. The predicted molar refractivity (Wildman–Crippen MR) is 79.5 cm³/mol. The average Bonchev–Trinajstić information content (AvgIpc) is 2.90. The lowest BCUT2D eigenvalue weighted by Gasteiger charge is -2.58. The molecule has 1 saturated carbocycles. The highest BCUT2D eigenvalue weighted by molar-refractivity contribution is 5.89. The maximum absolute atomic E-state index is 12.6. The summed E-state index contributed by atoms with van der Waals surface area (Å²) in [4.78, 5) is 19.3. The number of carbonyl (C=O) groups is 1. The van der Waals surface area contributed by atoms with Crippen molar-refractivity contribution in [3.63, 3.8) is 0 Å². The van der Waals surface area contributed by atoms with Crippen molar-refractivity contribution in [2.45, 2.75) is 42.9 Å². The van der Waals surface area contributed by atoms with E-state index < -0.39 is 12.2 Å². The average molecular weight is 317 g/mol. The summed E-state index contributed by atoms with van der Waals surface area (Å²) in [5.41, 5.74) is 1.32. The first-order valence-electron chi connectivity index (χ1n) is 8.16. The van der Waals surface area contributed by atoms with Crippen LogP contribution in [-0.4, -0.2) is 46.8 Å². The van der Waals surface area contributed by atoms with Crippen molar-refractivity contribution in [1.29, 1.82) is 0 Å². The van der Waals surface area contributed by atoms with Crippen molar-refractivity contribution in [2.75, 3.05) is 13.6 Å². The molecular weight excluding hydrogens is 298 g/mol. The highest BCUT2D eigenvalue weighted by Crippen LogP contribution is 2.64. The van der Waals surface area contributed by atoms with E-state index in [4.69, 9.17) is 4.74 Å². The summed E-state index contributed by atoms with van der Waals surface area (Å²) >= 11 is 0. The second-order valence-electron chi connectivity index (χ2n) is 7.26. The summed E-state index contributed by atoms with van der Waals surface area (Å²) in [5, 5.41) is 20.1. The third kappa shape index (κ3) is 1.39. The van der Waals surface area contributed by atoms with Gasteiger partial charge >= 0.3 is 0 Å². The molecule has 1 aromatic rings. The number of piperidine rings is 1. The van der Waals surface area contributed by atoms with Gasteiger partial charge in [0.1, 0.15) is 0 Å². The van der Waals surface area contributed by atoms with E-state index >= 15 is 0 Å². The monoisotopic (exact) mass is 317 g/mol. The van der Waals surface area contributed by atoms with Crippen LogP contribution in [0.3, 0.4) is 0 Å². The van der Waals surface area contributed by atoms with Crippen molar-refractivity contribution in [1.82, 2.24) is 4.90 Å². The van der Waals surface area contributed by atoms with Crippen molar-refractivity contribution in [3.8, 4) is 11.5 Å². The lowest BCUT2D eigenvalue weighted by molar-refractivity contribution is -0.145. The number of nitrogens with zero attached hydrogens (tertiary/aromatic N) is 1. The van der Waals surface area contributed by atoms with Gasteiger partial charge in [-0.05, 0) is 44.0 Å². The normalized spacial score (nSPS) is 40.6. The SMILES string of the molecule is CN1CC[C@]23c4c5ccc(OO)c4O[C@H]2C(=O)CC[C@H]3[C@H]1C5O. The summed E-state index contributed by atoms with van der Waals surface area (Å²) in [6.45, 7) is 0.814. The Hall–Kier alpha value is -1.63. The number of likely N-dealkylation sites (tertiary alicyclic amines) is 1. The topological polar surface area (TPSA) is 79.2 Å². The Morgan fingerprint density at radius 2 is 2.26 bits per heavy atom. The zero-order chi connectivity index (χ0) is 15.9. The van der Waals surface area contributed by atoms with Gasteiger partial charge in [-0.15, -0.1) is 0 Å². The fourth-order valence-electron chi connectivity index (χ4n) is 5.65. The number of ether oxygens (including phenoxy) is 1. The minimum atomic E-state index is -0.615. The molecule has 1 unspecified atom stereocenters. The van der Waals surface area contributed by atoms with Gasteiger partial charge in [-0.3, -0.25) is 4.79 Å². The van der Waals surface area contributed by atoms with Crippen LogP contribution in [0.15, 0.2) is 12.1 Å². The van der Waals surface area contributed by atoms with Crippen molar-refractivity contribution >= 4 is 5.78 Å². The number of aliphatic hydroxyl groups is 1. The number of hydrogen-bond donors (Lipinski definition) is 2. The minimum Gasteiger partial charge on any atom is -0.477 e. The molecule has 2 N–H and O–H groups in total. The summed E-state index contributed by atoms with van der Waals surface area (Å²) in [6, 6.07) is 3.40. The largest absolute Gasteiger partial charge is 0.477 e. The number of aliphatic hydroxyl groups excluding tert-OH is 1. The first-order chi connectivity index (χ1) is 11.1. The molecule has 0 amide bonds. The summed E-state index contributed by atoms with van der Waals surface area (Å²) in [7, 11) is 2.04. The van der Waals surface area contributed by atoms with Crippen LogP contribution in [0.1, 0.15) is 36.5 Å². The zero-order valence-corrected chi connectivity index (χ0v) is 12.9. The van der Waals surface area contributed by atoms with Crippen LogP contribution in [0.5, 0.6) is 11.5 Å². The molecule has 1 spiro atoms.